The third-order valence-corrected chi connectivity index (χ3v) is 4.96. The van der Waals surface area contributed by atoms with Gasteiger partial charge < -0.3 is 14.8 Å². The van der Waals surface area contributed by atoms with E-state index < -0.39 is 0 Å². The molecular weight excluding hydrogens is 358 g/mol. The van der Waals surface area contributed by atoms with Crippen molar-refractivity contribution >= 4 is 29.3 Å². The van der Waals surface area contributed by atoms with Crippen LogP contribution >= 0.6 is 23.4 Å². The first-order valence-electron chi connectivity index (χ1n) is 7.93. The van der Waals surface area contributed by atoms with Crippen LogP contribution in [-0.4, -0.2) is 25.9 Å². The number of amides is 1. The van der Waals surface area contributed by atoms with Gasteiger partial charge in [0.25, 0.3) is 0 Å². The molecule has 1 atom stereocenters. The summed E-state index contributed by atoms with van der Waals surface area (Å²) in [6.07, 6.45) is 0.434. The molecule has 0 saturated heterocycles. The molecule has 0 fully saturated rings. The molecule has 0 aliphatic heterocycles. The van der Waals surface area contributed by atoms with Crippen LogP contribution < -0.4 is 14.8 Å². The molecule has 6 heteroatoms. The number of carbonyl (C=O) groups is 1. The number of hydrogen-bond acceptors (Lipinski definition) is 4. The first-order chi connectivity index (χ1) is 12.0. The van der Waals surface area contributed by atoms with Crippen molar-refractivity contribution in [1.82, 2.24) is 5.32 Å². The Balaban J connectivity index is 1.88. The molecule has 0 aliphatic carbocycles. The summed E-state index contributed by atoms with van der Waals surface area (Å²) in [5.74, 6) is 2.16. The van der Waals surface area contributed by atoms with Crippen LogP contribution in [0.25, 0.3) is 0 Å². The maximum atomic E-state index is 12.2. The zero-order valence-corrected chi connectivity index (χ0v) is 16.1. The third-order valence-electron chi connectivity index (χ3n) is 3.69. The van der Waals surface area contributed by atoms with Crippen molar-refractivity contribution in [2.24, 2.45) is 0 Å². The van der Waals surface area contributed by atoms with Crippen molar-refractivity contribution in [2.75, 3.05) is 20.0 Å². The van der Waals surface area contributed by atoms with Gasteiger partial charge in [0.15, 0.2) is 0 Å². The van der Waals surface area contributed by atoms with Crippen molar-refractivity contribution in [1.29, 1.82) is 0 Å². The summed E-state index contributed by atoms with van der Waals surface area (Å²) in [6, 6.07) is 13.0. The lowest BCUT2D eigenvalue weighted by atomic mass is 10.1. The molecule has 0 radical (unpaired) electrons. The fourth-order valence-electron chi connectivity index (χ4n) is 2.36. The number of carbonyl (C=O) groups excluding carboxylic acids is 1. The van der Waals surface area contributed by atoms with Crippen LogP contribution in [0.3, 0.4) is 0 Å². The zero-order valence-electron chi connectivity index (χ0n) is 14.5. The molecule has 2 aromatic carbocycles. The van der Waals surface area contributed by atoms with Gasteiger partial charge in [0.1, 0.15) is 11.5 Å². The van der Waals surface area contributed by atoms with E-state index in [2.05, 4.69) is 5.32 Å². The maximum absolute atomic E-state index is 12.2. The fourth-order valence-corrected chi connectivity index (χ4v) is 3.34. The Hall–Kier alpha value is -1.85. The van der Waals surface area contributed by atoms with Crippen molar-refractivity contribution in [3.63, 3.8) is 0 Å². The van der Waals surface area contributed by atoms with E-state index in [1.807, 2.05) is 49.4 Å². The Morgan fingerprint density at radius 1 is 1.16 bits per heavy atom. The molecule has 2 rings (SSSR count). The second-order valence-corrected chi connectivity index (χ2v) is 7.05. The summed E-state index contributed by atoms with van der Waals surface area (Å²) < 4.78 is 10.6. The highest BCUT2D eigenvalue weighted by Gasteiger charge is 2.15. The van der Waals surface area contributed by atoms with Crippen LogP contribution in [0.1, 0.15) is 24.9 Å². The predicted molar refractivity (Wildman–Crippen MR) is 103 cm³/mol. The largest absolute Gasteiger partial charge is 0.497 e. The number of halogens is 1. The highest BCUT2D eigenvalue weighted by molar-refractivity contribution is 7.99. The molecule has 134 valence electrons. The van der Waals surface area contributed by atoms with Crippen LogP contribution in [-0.2, 0) is 4.79 Å². The zero-order chi connectivity index (χ0) is 18.2. The summed E-state index contributed by atoms with van der Waals surface area (Å²) >= 11 is 7.50. The number of nitrogens with one attached hydrogen (secondary N) is 1. The van der Waals surface area contributed by atoms with Crippen molar-refractivity contribution in [3.05, 3.63) is 53.1 Å². The van der Waals surface area contributed by atoms with E-state index in [-0.39, 0.29) is 11.9 Å². The second-order valence-electron chi connectivity index (χ2n) is 5.45. The van der Waals surface area contributed by atoms with Crippen LogP contribution in [0, 0.1) is 0 Å². The number of hydrogen-bond donors (Lipinski definition) is 1. The topological polar surface area (TPSA) is 47.6 Å². The van der Waals surface area contributed by atoms with E-state index in [0.717, 1.165) is 22.0 Å². The molecule has 0 heterocycles. The summed E-state index contributed by atoms with van der Waals surface area (Å²) in [5, 5.41) is 3.72. The van der Waals surface area contributed by atoms with Crippen LogP contribution in [0.5, 0.6) is 11.5 Å². The molecule has 0 aliphatic rings. The van der Waals surface area contributed by atoms with E-state index in [0.29, 0.717) is 17.2 Å². The monoisotopic (exact) mass is 379 g/mol. The number of rotatable bonds is 8. The van der Waals surface area contributed by atoms with Gasteiger partial charge >= 0.3 is 0 Å². The van der Waals surface area contributed by atoms with Gasteiger partial charge in [0, 0.05) is 27.7 Å². The smallest absolute Gasteiger partial charge is 0.221 e. The lowest BCUT2D eigenvalue weighted by molar-refractivity contribution is -0.121. The van der Waals surface area contributed by atoms with Crippen molar-refractivity contribution in [3.8, 4) is 11.5 Å². The molecular formula is C19H22ClNO3S. The van der Waals surface area contributed by atoms with Gasteiger partial charge in [-0.3, -0.25) is 4.79 Å². The van der Waals surface area contributed by atoms with Gasteiger partial charge in [-0.2, -0.15) is 0 Å². The standard InChI is InChI=1S/C19H22ClNO3S/c1-13(17-12-15(23-2)6-9-18(17)24-3)21-19(22)10-11-25-16-7-4-14(20)5-8-16/h4-9,12-13H,10-11H2,1-3H3,(H,21,22). The minimum atomic E-state index is -0.168. The normalized spacial score (nSPS) is 11.7. The minimum Gasteiger partial charge on any atom is -0.497 e. The number of benzene rings is 2. The Labute approximate surface area is 157 Å². The number of thioether (sulfide) groups is 1. The summed E-state index contributed by atoms with van der Waals surface area (Å²) in [7, 11) is 3.23. The molecule has 25 heavy (non-hydrogen) atoms. The van der Waals surface area contributed by atoms with Crippen LogP contribution in [0.15, 0.2) is 47.4 Å². The molecule has 1 unspecified atom stereocenters. The minimum absolute atomic E-state index is 0.00108. The van der Waals surface area contributed by atoms with Crippen molar-refractivity contribution < 1.29 is 14.3 Å². The van der Waals surface area contributed by atoms with E-state index in [1.54, 1.807) is 26.0 Å². The van der Waals surface area contributed by atoms with Crippen molar-refractivity contribution in [2.45, 2.75) is 24.3 Å². The summed E-state index contributed by atoms with van der Waals surface area (Å²) in [4.78, 5) is 13.3. The van der Waals surface area contributed by atoms with E-state index in [9.17, 15) is 4.79 Å². The Kier molecular flexibility index (Phi) is 7.47. The first kappa shape index (κ1) is 19.5. The Morgan fingerprint density at radius 3 is 2.52 bits per heavy atom. The molecule has 0 spiro atoms. The first-order valence-corrected chi connectivity index (χ1v) is 9.29. The lowest BCUT2D eigenvalue weighted by Gasteiger charge is -2.18. The average molecular weight is 380 g/mol. The van der Waals surface area contributed by atoms with Crippen LogP contribution in [0.2, 0.25) is 5.02 Å². The Bertz CT molecular complexity index is 706. The molecule has 0 aromatic heterocycles. The molecule has 0 bridgehead atoms. The van der Waals surface area contributed by atoms with E-state index >= 15 is 0 Å². The lowest BCUT2D eigenvalue weighted by Crippen LogP contribution is -2.27. The predicted octanol–water partition coefficient (Wildman–Crippen LogP) is 4.72. The molecule has 1 amide bonds. The van der Waals surface area contributed by atoms with Gasteiger partial charge in [-0.15, -0.1) is 11.8 Å². The van der Waals surface area contributed by atoms with Crippen LogP contribution in [0.4, 0.5) is 0 Å². The fraction of sp³-hybridized carbons (Fsp3) is 0.316. The van der Waals surface area contributed by atoms with Gasteiger partial charge in [0.2, 0.25) is 5.91 Å². The third kappa shape index (κ3) is 5.87. The SMILES string of the molecule is COc1ccc(OC)c(C(C)NC(=O)CCSc2ccc(Cl)cc2)c1. The number of ether oxygens (including phenoxy) is 2. The van der Waals surface area contributed by atoms with Gasteiger partial charge in [-0.05, 0) is 49.4 Å². The molecule has 1 N–H and O–H groups in total. The average Bonchev–Trinajstić information content (AvgIpc) is 2.62. The maximum Gasteiger partial charge on any atom is 0.221 e. The number of methoxy groups -OCH3 is 2. The Morgan fingerprint density at radius 2 is 1.88 bits per heavy atom. The van der Waals surface area contributed by atoms with E-state index in [4.69, 9.17) is 21.1 Å². The highest BCUT2D eigenvalue weighted by atomic mass is 35.5. The highest BCUT2D eigenvalue weighted by Crippen LogP contribution is 2.29. The molecule has 0 saturated carbocycles. The van der Waals surface area contributed by atoms with Gasteiger partial charge in [0.05, 0.1) is 20.3 Å². The quantitative estimate of drug-likeness (QED) is 0.674. The second kappa shape index (κ2) is 9.59. The molecule has 2 aromatic rings. The molecule has 4 nitrogen and oxygen atoms in total. The van der Waals surface area contributed by atoms with Gasteiger partial charge in [-0.25, -0.2) is 0 Å². The summed E-state index contributed by atoms with van der Waals surface area (Å²) in [5.41, 5.74) is 0.889. The summed E-state index contributed by atoms with van der Waals surface area (Å²) in [6.45, 7) is 1.93. The van der Waals surface area contributed by atoms with Gasteiger partial charge in [-0.1, -0.05) is 11.6 Å². The van der Waals surface area contributed by atoms with E-state index in [1.165, 1.54) is 0 Å².